The van der Waals surface area contributed by atoms with Crippen molar-refractivity contribution in [2.24, 2.45) is 0 Å². The van der Waals surface area contributed by atoms with Crippen LogP contribution in [0.5, 0.6) is 0 Å². The highest BCUT2D eigenvalue weighted by molar-refractivity contribution is 5.15. The van der Waals surface area contributed by atoms with E-state index in [4.69, 9.17) is 0 Å². The lowest BCUT2D eigenvalue weighted by Gasteiger charge is -2.01. The van der Waals surface area contributed by atoms with Crippen LogP contribution in [-0.4, -0.2) is 0 Å². The predicted octanol–water partition coefficient (Wildman–Crippen LogP) is 9.96. The fraction of sp³-hybridized carbons (Fsp3) is 0.600. The summed E-state index contributed by atoms with van der Waals surface area (Å²) in [6, 6.07) is 21.7. The van der Waals surface area contributed by atoms with E-state index in [1.165, 1.54) is 114 Å². The third-order valence-electron chi connectivity index (χ3n) is 5.82. The molecule has 0 aliphatic rings. The van der Waals surface area contributed by atoms with E-state index in [-0.39, 0.29) is 0 Å². The minimum atomic E-state index is 1.26. The van der Waals surface area contributed by atoms with Gasteiger partial charge < -0.3 is 0 Å². The maximum Gasteiger partial charge on any atom is -0.0279 e. The molecular weight excluding hydrogens is 360 g/mol. The number of hydrogen-bond donors (Lipinski definition) is 0. The average molecular weight is 409 g/mol. The van der Waals surface area contributed by atoms with Gasteiger partial charge in [0.25, 0.3) is 0 Å². The van der Waals surface area contributed by atoms with Gasteiger partial charge in [-0.05, 0) is 36.8 Å². The Morgan fingerprint density at radius 2 is 0.667 bits per heavy atom. The molecule has 2 rings (SSSR count). The molecule has 0 fully saturated rings. The van der Waals surface area contributed by atoms with Gasteiger partial charge in [0.2, 0.25) is 0 Å². The van der Waals surface area contributed by atoms with E-state index in [9.17, 15) is 0 Å². The highest BCUT2D eigenvalue weighted by atomic mass is 14.0. The van der Waals surface area contributed by atoms with E-state index in [2.05, 4.69) is 74.5 Å². The van der Waals surface area contributed by atoms with Crippen molar-refractivity contribution in [3.8, 4) is 0 Å². The van der Waals surface area contributed by atoms with Gasteiger partial charge in [-0.3, -0.25) is 0 Å². The second kappa shape index (κ2) is 20.7. The molecule has 0 spiro atoms. The van der Waals surface area contributed by atoms with E-state index >= 15 is 0 Å². The largest absolute Gasteiger partial charge is 0.0654 e. The molecule has 0 N–H and O–H groups in total. The molecule has 0 saturated carbocycles. The second-order valence-electron chi connectivity index (χ2n) is 8.71. The predicted molar refractivity (Wildman–Crippen MR) is 136 cm³/mol. The molecule has 0 heterocycles. The quantitative estimate of drug-likeness (QED) is 0.242. The number of unbranched alkanes of at least 4 members (excludes halogenated alkanes) is 12. The molecule has 30 heavy (non-hydrogen) atoms. The van der Waals surface area contributed by atoms with Crippen molar-refractivity contribution >= 4 is 0 Å². The Bertz CT molecular complexity index is 504. The molecule has 0 aliphatic heterocycles. The van der Waals surface area contributed by atoms with Crippen molar-refractivity contribution in [1.29, 1.82) is 0 Å². The van der Waals surface area contributed by atoms with Gasteiger partial charge in [0.15, 0.2) is 0 Å². The van der Waals surface area contributed by atoms with Gasteiger partial charge in [-0.1, -0.05) is 152 Å². The van der Waals surface area contributed by atoms with Crippen molar-refractivity contribution in [2.75, 3.05) is 0 Å². The molecule has 0 aliphatic carbocycles. The monoisotopic (exact) mass is 408 g/mol. The van der Waals surface area contributed by atoms with Crippen LogP contribution in [-0.2, 0) is 12.8 Å². The van der Waals surface area contributed by atoms with Crippen molar-refractivity contribution in [1.82, 2.24) is 0 Å². The number of rotatable bonds is 16. The molecule has 2 aromatic carbocycles. The van der Waals surface area contributed by atoms with Crippen LogP contribution in [0.4, 0.5) is 0 Å². The van der Waals surface area contributed by atoms with Gasteiger partial charge in [-0.15, -0.1) is 0 Å². The molecular formula is C30H48. The number of benzene rings is 2. The fourth-order valence-corrected chi connectivity index (χ4v) is 3.86. The third-order valence-corrected chi connectivity index (χ3v) is 5.82. The normalized spacial score (nSPS) is 10.5. The van der Waals surface area contributed by atoms with Crippen LogP contribution in [0, 0.1) is 0 Å². The van der Waals surface area contributed by atoms with Crippen LogP contribution < -0.4 is 0 Å². The zero-order valence-corrected chi connectivity index (χ0v) is 20.1. The summed E-state index contributed by atoms with van der Waals surface area (Å²) in [5, 5.41) is 0. The SMILES string of the molecule is CCCCCCCCCc1ccccc1.CCCCCCCCCc1ccccc1. The Labute approximate surface area is 188 Å². The third kappa shape index (κ3) is 16.3. The lowest BCUT2D eigenvalue weighted by atomic mass is 10.0. The van der Waals surface area contributed by atoms with E-state index in [0.29, 0.717) is 0 Å². The Kier molecular flexibility index (Phi) is 18.3. The summed E-state index contributed by atoms with van der Waals surface area (Å²) in [4.78, 5) is 0. The number of aryl methyl sites for hydroxylation is 2. The summed E-state index contributed by atoms with van der Waals surface area (Å²) < 4.78 is 0. The Hall–Kier alpha value is -1.56. The summed E-state index contributed by atoms with van der Waals surface area (Å²) >= 11 is 0. The van der Waals surface area contributed by atoms with Crippen molar-refractivity contribution in [3.63, 3.8) is 0 Å². The van der Waals surface area contributed by atoms with Crippen molar-refractivity contribution < 1.29 is 0 Å². The first-order chi connectivity index (χ1) is 14.9. The first kappa shape index (κ1) is 26.5. The highest BCUT2D eigenvalue weighted by Gasteiger charge is 1.94. The van der Waals surface area contributed by atoms with Crippen LogP contribution in [0.3, 0.4) is 0 Å². The first-order valence-electron chi connectivity index (χ1n) is 12.9. The van der Waals surface area contributed by atoms with Gasteiger partial charge in [-0.2, -0.15) is 0 Å². The van der Waals surface area contributed by atoms with Crippen LogP contribution in [0.15, 0.2) is 60.7 Å². The molecule has 0 nitrogen and oxygen atoms in total. The van der Waals surface area contributed by atoms with E-state index in [1.807, 2.05) is 0 Å². The molecule has 0 amide bonds. The van der Waals surface area contributed by atoms with Crippen LogP contribution in [0.1, 0.15) is 115 Å². The average Bonchev–Trinajstić information content (AvgIpc) is 2.80. The minimum absolute atomic E-state index is 1.26. The molecule has 0 unspecified atom stereocenters. The Balaban J connectivity index is 0.000000300. The summed E-state index contributed by atoms with van der Waals surface area (Å²) in [6.45, 7) is 4.55. The highest BCUT2D eigenvalue weighted by Crippen LogP contribution is 2.11. The van der Waals surface area contributed by atoms with Gasteiger partial charge in [0.1, 0.15) is 0 Å². The summed E-state index contributed by atoms with van der Waals surface area (Å²) in [7, 11) is 0. The van der Waals surface area contributed by atoms with Gasteiger partial charge in [-0.25, -0.2) is 0 Å². The van der Waals surface area contributed by atoms with Gasteiger partial charge in [0, 0.05) is 0 Å². The molecule has 2 aromatic rings. The molecule has 0 saturated heterocycles. The van der Waals surface area contributed by atoms with Gasteiger partial charge in [0.05, 0.1) is 0 Å². The smallest absolute Gasteiger partial charge is 0.0279 e. The fourth-order valence-electron chi connectivity index (χ4n) is 3.86. The topological polar surface area (TPSA) is 0 Å². The summed E-state index contributed by atoms with van der Waals surface area (Å²) in [6.07, 6.45) is 22.1. The van der Waals surface area contributed by atoms with E-state index in [0.717, 1.165) is 0 Å². The molecule has 168 valence electrons. The lowest BCUT2D eigenvalue weighted by molar-refractivity contribution is 0.589. The first-order valence-corrected chi connectivity index (χ1v) is 12.9. The number of hydrogen-bond acceptors (Lipinski definition) is 0. The Morgan fingerprint density at radius 3 is 1.00 bits per heavy atom. The van der Waals surface area contributed by atoms with Crippen molar-refractivity contribution in [2.45, 2.75) is 117 Å². The molecule has 0 bridgehead atoms. The van der Waals surface area contributed by atoms with E-state index < -0.39 is 0 Å². The second-order valence-corrected chi connectivity index (χ2v) is 8.71. The summed E-state index contributed by atoms with van der Waals surface area (Å²) in [5.74, 6) is 0. The van der Waals surface area contributed by atoms with E-state index in [1.54, 1.807) is 0 Å². The molecule has 0 aromatic heterocycles. The maximum absolute atomic E-state index is 2.27. The maximum atomic E-state index is 2.27. The van der Waals surface area contributed by atoms with Gasteiger partial charge >= 0.3 is 0 Å². The van der Waals surface area contributed by atoms with Crippen molar-refractivity contribution in [3.05, 3.63) is 71.8 Å². The Morgan fingerprint density at radius 1 is 0.367 bits per heavy atom. The molecule has 0 radical (unpaired) electrons. The zero-order chi connectivity index (χ0) is 21.5. The van der Waals surface area contributed by atoms with Crippen LogP contribution in [0.25, 0.3) is 0 Å². The van der Waals surface area contributed by atoms with Crippen LogP contribution in [0.2, 0.25) is 0 Å². The minimum Gasteiger partial charge on any atom is -0.0654 e. The van der Waals surface area contributed by atoms with Crippen LogP contribution >= 0.6 is 0 Å². The lowest BCUT2D eigenvalue weighted by Crippen LogP contribution is -1.85. The molecule has 0 heteroatoms. The standard InChI is InChI=1S/2C15H24/c2*1-2-3-4-5-6-7-9-12-15-13-10-8-11-14-15/h2*8,10-11,13-14H,2-7,9,12H2,1H3. The summed E-state index contributed by atoms with van der Waals surface area (Å²) in [5.41, 5.74) is 2.98. The zero-order valence-electron chi connectivity index (χ0n) is 20.1. The molecule has 0 atom stereocenters.